The lowest BCUT2D eigenvalue weighted by Gasteiger charge is -2.17. The number of pyridine rings is 1. The summed E-state index contributed by atoms with van der Waals surface area (Å²) in [5, 5.41) is 12.1. The Morgan fingerprint density at radius 3 is 2.90 bits per heavy atom. The molecule has 2 N–H and O–H groups in total. The van der Waals surface area contributed by atoms with E-state index in [1.807, 2.05) is 0 Å². The van der Waals surface area contributed by atoms with Gasteiger partial charge in [-0.1, -0.05) is 0 Å². The minimum absolute atomic E-state index is 0.0656. The van der Waals surface area contributed by atoms with Crippen molar-refractivity contribution in [2.24, 2.45) is 5.92 Å². The van der Waals surface area contributed by atoms with Gasteiger partial charge in [-0.25, -0.2) is 9.97 Å². The molecule has 1 atom stereocenters. The number of rotatable bonds is 6. The summed E-state index contributed by atoms with van der Waals surface area (Å²) >= 11 is 0. The summed E-state index contributed by atoms with van der Waals surface area (Å²) in [4.78, 5) is 20.4. The quantitative estimate of drug-likeness (QED) is 0.835. The van der Waals surface area contributed by atoms with Crippen molar-refractivity contribution in [2.75, 3.05) is 6.61 Å². The van der Waals surface area contributed by atoms with E-state index in [0.717, 1.165) is 18.7 Å². The van der Waals surface area contributed by atoms with Gasteiger partial charge in [0.1, 0.15) is 12.1 Å². The predicted octanol–water partition coefficient (Wildman–Crippen LogP) is 1.16. The first kappa shape index (κ1) is 13.8. The fraction of sp³-hybridized carbons (Fsp3) is 0.400. The Kier molecular flexibility index (Phi) is 3.96. The van der Waals surface area contributed by atoms with Gasteiger partial charge in [0.2, 0.25) is 0 Å². The van der Waals surface area contributed by atoms with Crippen molar-refractivity contribution in [3.05, 3.63) is 42.6 Å². The summed E-state index contributed by atoms with van der Waals surface area (Å²) in [6, 6.07) is 3.60. The van der Waals surface area contributed by atoms with Crippen LogP contribution in [0.15, 0.2) is 37.1 Å². The van der Waals surface area contributed by atoms with E-state index in [1.165, 1.54) is 0 Å². The molecular formula is C15H18N4O2. The summed E-state index contributed by atoms with van der Waals surface area (Å²) in [5.41, 5.74) is 0.530. The van der Waals surface area contributed by atoms with Crippen molar-refractivity contribution in [2.45, 2.75) is 25.3 Å². The summed E-state index contributed by atoms with van der Waals surface area (Å²) in [7, 11) is 0. The first-order chi connectivity index (χ1) is 10.3. The number of aliphatic hydroxyl groups is 1. The third kappa shape index (κ3) is 3.28. The van der Waals surface area contributed by atoms with E-state index in [2.05, 4.69) is 15.3 Å². The normalized spacial score (nSPS) is 15.7. The Hall–Kier alpha value is -2.21. The first-order valence-electron chi connectivity index (χ1n) is 7.14. The zero-order valence-electron chi connectivity index (χ0n) is 11.6. The largest absolute Gasteiger partial charge is 0.396 e. The standard InChI is InChI=1S/C15H18N4O2/c20-8-5-13(11-1-2-11)18-15(21)12-3-4-14(17-9-12)19-7-6-16-10-19/h3-4,6-7,9-11,13,20H,1-2,5,8H2,(H,18,21). The molecule has 1 aliphatic rings. The van der Waals surface area contributed by atoms with E-state index in [9.17, 15) is 4.79 Å². The lowest BCUT2D eigenvalue weighted by Crippen LogP contribution is -2.37. The number of carbonyl (C=O) groups excluding carboxylic acids is 1. The van der Waals surface area contributed by atoms with Crippen LogP contribution < -0.4 is 5.32 Å². The Bertz CT molecular complexity index is 591. The van der Waals surface area contributed by atoms with Gasteiger partial charge in [-0.2, -0.15) is 0 Å². The number of nitrogens with zero attached hydrogens (tertiary/aromatic N) is 3. The lowest BCUT2D eigenvalue weighted by atomic mass is 10.1. The van der Waals surface area contributed by atoms with Crippen LogP contribution in [0.4, 0.5) is 0 Å². The third-order valence-corrected chi connectivity index (χ3v) is 3.73. The molecule has 6 nitrogen and oxygen atoms in total. The Labute approximate surface area is 122 Å². The highest BCUT2D eigenvalue weighted by atomic mass is 16.3. The van der Waals surface area contributed by atoms with Crippen molar-refractivity contribution in [3.63, 3.8) is 0 Å². The van der Waals surface area contributed by atoms with E-state index < -0.39 is 0 Å². The molecule has 1 fully saturated rings. The van der Waals surface area contributed by atoms with Gasteiger partial charge in [-0.05, 0) is 37.3 Å². The van der Waals surface area contributed by atoms with Crippen LogP contribution in [0.25, 0.3) is 5.82 Å². The Balaban J connectivity index is 1.67. The zero-order valence-corrected chi connectivity index (χ0v) is 11.6. The second kappa shape index (κ2) is 6.05. The average molecular weight is 286 g/mol. The fourth-order valence-electron chi connectivity index (χ4n) is 2.38. The minimum Gasteiger partial charge on any atom is -0.396 e. The molecule has 0 aliphatic heterocycles. The van der Waals surface area contributed by atoms with Gasteiger partial charge < -0.3 is 10.4 Å². The maximum atomic E-state index is 12.2. The van der Waals surface area contributed by atoms with Crippen molar-refractivity contribution in [1.29, 1.82) is 0 Å². The van der Waals surface area contributed by atoms with E-state index in [-0.39, 0.29) is 18.6 Å². The molecule has 2 heterocycles. The van der Waals surface area contributed by atoms with Gasteiger partial charge in [-0.3, -0.25) is 9.36 Å². The number of amides is 1. The van der Waals surface area contributed by atoms with Gasteiger partial charge in [0, 0.05) is 31.2 Å². The lowest BCUT2D eigenvalue weighted by molar-refractivity contribution is 0.0924. The molecule has 0 aromatic carbocycles. The maximum absolute atomic E-state index is 12.2. The van der Waals surface area contributed by atoms with Crippen LogP contribution in [0.3, 0.4) is 0 Å². The van der Waals surface area contributed by atoms with E-state index in [0.29, 0.717) is 17.9 Å². The molecule has 0 bridgehead atoms. The van der Waals surface area contributed by atoms with Gasteiger partial charge in [-0.15, -0.1) is 0 Å². The molecule has 1 amide bonds. The fourth-order valence-corrected chi connectivity index (χ4v) is 2.38. The molecule has 1 saturated carbocycles. The maximum Gasteiger partial charge on any atom is 0.253 e. The molecule has 0 saturated heterocycles. The van der Waals surface area contributed by atoms with Gasteiger partial charge in [0.05, 0.1) is 5.56 Å². The Morgan fingerprint density at radius 1 is 1.48 bits per heavy atom. The van der Waals surface area contributed by atoms with Gasteiger partial charge >= 0.3 is 0 Å². The van der Waals surface area contributed by atoms with Crippen LogP contribution in [0.2, 0.25) is 0 Å². The molecule has 1 aliphatic carbocycles. The number of aliphatic hydroxyl groups excluding tert-OH is 1. The highest BCUT2D eigenvalue weighted by Crippen LogP contribution is 2.34. The molecule has 21 heavy (non-hydrogen) atoms. The van der Waals surface area contributed by atoms with Crippen molar-refractivity contribution in [1.82, 2.24) is 19.9 Å². The summed E-state index contributed by atoms with van der Waals surface area (Å²) < 4.78 is 1.78. The highest BCUT2D eigenvalue weighted by Gasteiger charge is 2.31. The molecular weight excluding hydrogens is 268 g/mol. The van der Waals surface area contributed by atoms with E-state index in [4.69, 9.17) is 5.11 Å². The molecule has 0 spiro atoms. The first-order valence-corrected chi connectivity index (χ1v) is 7.14. The molecule has 1 unspecified atom stereocenters. The van der Waals surface area contributed by atoms with Crippen molar-refractivity contribution >= 4 is 5.91 Å². The van der Waals surface area contributed by atoms with Crippen molar-refractivity contribution in [3.8, 4) is 5.82 Å². The second-order valence-corrected chi connectivity index (χ2v) is 5.30. The zero-order chi connectivity index (χ0) is 14.7. The SMILES string of the molecule is O=C(NC(CCO)C1CC1)c1ccc(-n2ccnc2)nc1. The number of aromatic nitrogens is 3. The van der Waals surface area contributed by atoms with Crippen molar-refractivity contribution < 1.29 is 9.90 Å². The van der Waals surface area contributed by atoms with Gasteiger partial charge in [0.25, 0.3) is 5.91 Å². The van der Waals surface area contributed by atoms with E-state index in [1.54, 1.807) is 41.6 Å². The molecule has 110 valence electrons. The van der Waals surface area contributed by atoms with Crippen LogP contribution in [0, 0.1) is 5.92 Å². The van der Waals surface area contributed by atoms with Crippen LogP contribution in [0.1, 0.15) is 29.6 Å². The summed E-state index contributed by atoms with van der Waals surface area (Å²) in [5.74, 6) is 1.10. The summed E-state index contributed by atoms with van der Waals surface area (Å²) in [6.45, 7) is 0.0965. The summed E-state index contributed by atoms with van der Waals surface area (Å²) in [6.07, 6.45) is 9.56. The Morgan fingerprint density at radius 2 is 2.33 bits per heavy atom. The average Bonchev–Trinajstić information content (AvgIpc) is 3.21. The number of hydrogen-bond donors (Lipinski definition) is 2. The molecule has 3 rings (SSSR count). The van der Waals surface area contributed by atoms with Crippen LogP contribution in [0.5, 0.6) is 0 Å². The molecule has 6 heteroatoms. The van der Waals surface area contributed by atoms with Crippen LogP contribution in [-0.2, 0) is 0 Å². The molecule has 0 radical (unpaired) electrons. The van der Waals surface area contributed by atoms with E-state index >= 15 is 0 Å². The van der Waals surface area contributed by atoms with Crippen LogP contribution >= 0.6 is 0 Å². The number of hydrogen-bond acceptors (Lipinski definition) is 4. The second-order valence-electron chi connectivity index (χ2n) is 5.30. The number of imidazole rings is 1. The van der Waals surface area contributed by atoms with Gasteiger partial charge in [0.15, 0.2) is 0 Å². The number of nitrogens with one attached hydrogen (secondary N) is 1. The van der Waals surface area contributed by atoms with Crippen LogP contribution in [-0.4, -0.2) is 38.2 Å². The highest BCUT2D eigenvalue weighted by molar-refractivity contribution is 5.94. The predicted molar refractivity (Wildman–Crippen MR) is 77.0 cm³/mol. The molecule has 2 aromatic rings. The third-order valence-electron chi connectivity index (χ3n) is 3.73. The molecule has 2 aromatic heterocycles. The monoisotopic (exact) mass is 286 g/mol. The minimum atomic E-state index is -0.134. The number of carbonyl (C=O) groups is 1. The smallest absolute Gasteiger partial charge is 0.253 e. The topological polar surface area (TPSA) is 80.0 Å².